The van der Waals surface area contributed by atoms with Crippen LogP contribution in [0.2, 0.25) is 0 Å². The van der Waals surface area contributed by atoms with Gasteiger partial charge in [-0.05, 0) is 62.2 Å². The molecule has 1 heteroatoms. The van der Waals surface area contributed by atoms with E-state index in [2.05, 4.69) is 20.8 Å². The number of hydrogen-bond acceptors (Lipinski definition) is 1. The summed E-state index contributed by atoms with van der Waals surface area (Å²) < 4.78 is 0. The van der Waals surface area contributed by atoms with Crippen LogP contribution in [0.15, 0.2) is 0 Å². The minimum Gasteiger partial charge on any atom is -0.300 e. The summed E-state index contributed by atoms with van der Waals surface area (Å²) in [5.41, 5.74) is 0.539. The summed E-state index contributed by atoms with van der Waals surface area (Å²) in [5, 5.41) is 0. The van der Waals surface area contributed by atoms with Gasteiger partial charge in [0.2, 0.25) is 0 Å². The number of rotatable bonds is 1. The second kappa shape index (κ2) is 4.16. The minimum absolute atomic E-state index is 0.361. The summed E-state index contributed by atoms with van der Waals surface area (Å²) in [7, 11) is 0. The van der Waals surface area contributed by atoms with Gasteiger partial charge in [0.05, 0.1) is 0 Å². The third-order valence-electron chi connectivity index (χ3n) is 5.38. The van der Waals surface area contributed by atoms with Crippen LogP contribution in [0.25, 0.3) is 0 Å². The molecule has 0 aliphatic heterocycles. The summed E-state index contributed by atoms with van der Waals surface area (Å²) in [6.07, 6.45) is 6.24. The number of carbonyl (C=O) groups excluding carboxylic acids is 1. The lowest BCUT2D eigenvalue weighted by molar-refractivity contribution is -0.123. The van der Waals surface area contributed by atoms with E-state index in [1.165, 1.54) is 19.3 Å². The Morgan fingerprint density at radius 3 is 2.31 bits per heavy atom. The molecule has 2 rings (SSSR count). The maximum absolute atomic E-state index is 11.5. The molecule has 0 aromatic heterocycles. The van der Waals surface area contributed by atoms with E-state index in [1.807, 2.05) is 0 Å². The Balaban J connectivity index is 2.04. The molecule has 0 N–H and O–H groups in total. The normalized spacial score (nSPS) is 42.5. The maximum atomic E-state index is 11.5. The molecular weight excluding hydrogens is 196 g/mol. The van der Waals surface area contributed by atoms with Gasteiger partial charge in [0.15, 0.2) is 0 Å². The fourth-order valence-corrected chi connectivity index (χ4v) is 4.13. The molecule has 0 radical (unpaired) electrons. The summed E-state index contributed by atoms with van der Waals surface area (Å²) in [5.74, 6) is 3.44. The number of carbonyl (C=O) groups is 1. The van der Waals surface area contributed by atoms with Crippen molar-refractivity contribution in [2.45, 2.75) is 59.8 Å². The molecule has 4 atom stereocenters. The Bertz CT molecular complexity index is 279. The van der Waals surface area contributed by atoms with Crippen molar-refractivity contribution in [2.75, 3.05) is 0 Å². The van der Waals surface area contributed by atoms with Crippen LogP contribution in [-0.2, 0) is 4.79 Å². The monoisotopic (exact) mass is 222 g/mol. The molecule has 16 heavy (non-hydrogen) atoms. The van der Waals surface area contributed by atoms with Gasteiger partial charge in [0, 0.05) is 5.92 Å². The molecule has 0 aromatic carbocycles. The summed E-state index contributed by atoms with van der Waals surface area (Å²) in [6, 6.07) is 0. The Morgan fingerprint density at radius 2 is 1.75 bits per heavy atom. The van der Waals surface area contributed by atoms with Crippen molar-refractivity contribution in [1.29, 1.82) is 0 Å². The molecule has 0 bridgehead atoms. The molecule has 2 aliphatic rings. The van der Waals surface area contributed by atoms with Crippen LogP contribution in [0.4, 0.5) is 0 Å². The van der Waals surface area contributed by atoms with Crippen molar-refractivity contribution >= 4 is 5.78 Å². The van der Waals surface area contributed by atoms with E-state index in [-0.39, 0.29) is 0 Å². The maximum Gasteiger partial charge on any atom is 0.132 e. The van der Waals surface area contributed by atoms with Crippen LogP contribution in [0.1, 0.15) is 59.8 Å². The highest BCUT2D eigenvalue weighted by Crippen LogP contribution is 2.57. The van der Waals surface area contributed by atoms with E-state index in [0.717, 1.165) is 30.6 Å². The molecule has 1 nitrogen and oxygen atoms in total. The molecule has 0 saturated heterocycles. The van der Waals surface area contributed by atoms with E-state index in [0.29, 0.717) is 17.1 Å². The smallest absolute Gasteiger partial charge is 0.132 e. The van der Waals surface area contributed by atoms with Gasteiger partial charge < -0.3 is 0 Å². The van der Waals surface area contributed by atoms with Crippen molar-refractivity contribution in [1.82, 2.24) is 0 Å². The summed E-state index contributed by atoms with van der Waals surface area (Å²) in [4.78, 5) is 11.5. The third kappa shape index (κ3) is 2.06. The number of ketones is 1. The molecule has 2 fully saturated rings. The highest BCUT2D eigenvalue weighted by Gasteiger charge is 2.49. The summed E-state index contributed by atoms with van der Waals surface area (Å²) in [6.45, 7) is 8.99. The largest absolute Gasteiger partial charge is 0.300 e. The standard InChI is InChI=1S/C15H26O/c1-10-5-6-12(11(2)16)7-8-14-13(10)9-15(14,3)4/h10,12-14H,5-9H2,1-4H3/t10-,12+,13-,14+/m0/s1. The Labute approximate surface area is 100.0 Å². The lowest BCUT2D eigenvalue weighted by Crippen LogP contribution is -2.47. The molecule has 92 valence electrons. The second-order valence-corrected chi connectivity index (χ2v) is 6.90. The van der Waals surface area contributed by atoms with Crippen molar-refractivity contribution in [3.63, 3.8) is 0 Å². The van der Waals surface area contributed by atoms with Crippen LogP contribution < -0.4 is 0 Å². The SMILES string of the molecule is CC(=O)[C@H]1CC[C@@H]2[C@@H](CC2(C)C)[C@@H](C)CC1. The first-order valence-electron chi connectivity index (χ1n) is 6.92. The van der Waals surface area contributed by atoms with Crippen LogP contribution in [0.5, 0.6) is 0 Å². The van der Waals surface area contributed by atoms with Gasteiger partial charge >= 0.3 is 0 Å². The number of hydrogen-bond donors (Lipinski definition) is 0. The molecule has 0 heterocycles. The first-order chi connectivity index (χ1) is 7.42. The van der Waals surface area contributed by atoms with Gasteiger partial charge in [-0.2, -0.15) is 0 Å². The zero-order chi connectivity index (χ0) is 11.9. The Morgan fingerprint density at radius 1 is 1.12 bits per heavy atom. The minimum atomic E-state index is 0.361. The first kappa shape index (κ1) is 12.1. The van der Waals surface area contributed by atoms with E-state index in [9.17, 15) is 4.79 Å². The predicted molar refractivity (Wildman–Crippen MR) is 67.2 cm³/mol. The molecule has 0 unspecified atom stereocenters. The van der Waals surface area contributed by atoms with Gasteiger partial charge in [-0.15, -0.1) is 0 Å². The first-order valence-corrected chi connectivity index (χ1v) is 6.92. The van der Waals surface area contributed by atoms with Crippen molar-refractivity contribution in [3.05, 3.63) is 0 Å². The fraction of sp³-hybridized carbons (Fsp3) is 0.933. The summed E-state index contributed by atoms with van der Waals surface area (Å²) >= 11 is 0. The molecule has 0 amide bonds. The molecule has 2 aliphatic carbocycles. The third-order valence-corrected chi connectivity index (χ3v) is 5.38. The van der Waals surface area contributed by atoms with Gasteiger partial charge in [0.25, 0.3) is 0 Å². The average molecular weight is 222 g/mol. The Kier molecular flexibility index (Phi) is 3.16. The Hall–Kier alpha value is -0.330. The topological polar surface area (TPSA) is 17.1 Å². The molecule has 0 spiro atoms. The van der Waals surface area contributed by atoms with Gasteiger partial charge in [-0.3, -0.25) is 4.79 Å². The molecule has 2 saturated carbocycles. The van der Waals surface area contributed by atoms with E-state index in [4.69, 9.17) is 0 Å². The van der Waals surface area contributed by atoms with Crippen molar-refractivity contribution < 1.29 is 4.79 Å². The van der Waals surface area contributed by atoms with Crippen LogP contribution in [-0.4, -0.2) is 5.78 Å². The highest BCUT2D eigenvalue weighted by molar-refractivity contribution is 5.78. The zero-order valence-electron chi connectivity index (χ0n) is 11.3. The lowest BCUT2D eigenvalue weighted by atomic mass is 9.49. The van der Waals surface area contributed by atoms with E-state index >= 15 is 0 Å². The van der Waals surface area contributed by atoms with Crippen LogP contribution in [0, 0.1) is 29.1 Å². The van der Waals surface area contributed by atoms with E-state index < -0.39 is 0 Å². The van der Waals surface area contributed by atoms with Gasteiger partial charge in [-0.1, -0.05) is 20.8 Å². The average Bonchev–Trinajstić information content (AvgIpc) is 2.16. The van der Waals surface area contributed by atoms with Crippen molar-refractivity contribution in [3.8, 4) is 0 Å². The van der Waals surface area contributed by atoms with Crippen LogP contribution >= 0.6 is 0 Å². The fourth-order valence-electron chi connectivity index (χ4n) is 4.13. The quantitative estimate of drug-likeness (QED) is 0.654. The van der Waals surface area contributed by atoms with Gasteiger partial charge in [0.1, 0.15) is 5.78 Å². The number of fused-ring (bicyclic) bond motifs is 1. The van der Waals surface area contributed by atoms with Crippen LogP contribution in [0.3, 0.4) is 0 Å². The second-order valence-electron chi connectivity index (χ2n) is 6.90. The number of Topliss-reactive ketones (excluding diaryl/α,β-unsaturated/α-hetero) is 1. The highest BCUT2D eigenvalue weighted by atomic mass is 16.1. The van der Waals surface area contributed by atoms with E-state index in [1.54, 1.807) is 6.92 Å². The van der Waals surface area contributed by atoms with Crippen molar-refractivity contribution in [2.24, 2.45) is 29.1 Å². The molecule has 0 aromatic rings. The predicted octanol–water partition coefficient (Wildman–Crippen LogP) is 4.06. The van der Waals surface area contributed by atoms with Gasteiger partial charge in [-0.25, -0.2) is 0 Å². The molecular formula is C15H26O. The zero-order valence-corrected chi connectivity index (χ0v) is 11.3. The lowest BCUT2D eigenvalue weighted by Gasteiger charge is -2.55.